The van der Waals surface area contributed by atoms with E-state index in [0.29, 0.717) is 0 Å². The molecule has 0 amide bonds. The average Bonchev–Trinajstić information content (AvgIpc) is 2.25. The molecule has 88 valence electrons. The highest BCUT2D eigenvalue weighted by molar-refractivity contribution is 9.10. The van der Waals surface area contributed by atoms with Gasteiger partial charge in [0.25, 0.3) is 0 Å². The molecule has 2 nitrogen and oxygen atoms in total. The lowest BCUT2D eigenvalue weighted by atomic mass is 10.1. The molecule has 0 atom stereocenters. The van der Waals surface area contributed by atoms with Crippen LogP contribution in [0.25, 0.3) is 0 Å². The van der Waals surface area contributed by atoms with Crippen LogP contribution in [0.2, 0.25) is 0 Å². The van der Waals surface area contributed by atoms with E-state index in [0.717, 1.165) is 27.1 Å². The van der Waals surface area contributed by atoms with Gasteiger partial charge in [-0.1, -0.05) is 15.9 Å². The summed E-state index contributed by atoms with van der Waals surface area (Å²) < 4.78 is 1.09. The Morgan fingerprint density at radius 1 is 0.941 bits per heavy atom. The zero-order chi connectivity index (χ0) is 12.4. The number of halogens is 1. The number of nitrogen functional groups attached to an aromatic ring is 1. The minimum atomic E-state index is 0.792. The first kappa shape index (κ1) is 12.0. The molecule has 0 radical (unpaired) electrons. The highest BCUT2D eigenvalue weighted by Gasteiger charge is 2.02. The monoisotopic (exact) mass is 290 g/mol. The summed E-state index contributed by atoms with van der Waals surface area (Å²) >= 11 is 3.46. The molecular formula is C14H15BrN2. The molecule has 3 heteroatoms. The Balaban J connectivity index is 2.31. The van der Waals surface area contributed by atoms with Crippen LogP contribution in [0, 0.1) is 13.8 Å². The molecule has 0 aliphatic heterocycles. The number of rotatable bonds is 2. The van der Waals surface area contributed by atoms with Gasteiger partial charge in [-0.2, -0.15) is 0 Å². The first-order valence-corrected chi connectivity index (χ1v) is 6.25. The third-order valence-corrected chi connectivity index (χ3v) is 3.20. The third kappa shape index (κ3) is 2.80. The van der Waals surface area contributed by atoms with E-state index in [9.17, 15) is 0 Å². The molecule has 0 aromatic heterocycles. The maximum atomic E-state index is 5.74. The summed E-state index contributed by atoms with van der Waals surface area (Å²) in [6.07, 6.45) is 0. The minimum Gasteiger partial charge on any atom is -0.399 e. The molecule has 3 N–H and O–H groups in total. The quantitative estimate of drug-likeness (QED) is 0.805. The molecule has 0 spiro atoms. The summed E-state index contributed by atoms with van der Waals surface area (Å²) in [6.45, 7) is 4.13. The van der Waals surface area contributed by atoms with Crippen molar-refractivity contribution in [2.24, 2.45) is 0 Å². The van der Waals surface area contributed by atoms with Crippen LogP contribution in [-0.2, 0) is 0 Å². The van der Waals surface area contributed by atoms with Crippen LogP contribution in [0.4, 0.5) is 17.1 Å². The molecule has 0 bridgehead atoms. The van der Waals surface area contributed by atoms with Crippen molar-refractivity contribution in [3.63, 3.8) is 0 Å². The second kappa shape index (κ2) is 4.80. The van der Waals surface area contributed by atoms with Gasteiger partial charge >= 0.3 is 0 Å². The van der Waals surface area contributed by atoms with Gasteiger partial charge in [-0.05, 0) is 61.4 Å². The predicted octanol–water partition coefficient (Wildman–Crippen LogP) is 4.39. The van der Waals surface area contributed by atoms with Gasteiger partial charge in [0.1, 0.15) is 0 Å². The van der Waals surface area contributed by atoms with Gasteiger partial charge in [0.05, 0.1) is 0 Å². The Kier molecular flexibility index (Phi) is 3.38. The van der Waals surface area contributed by atoms with Gasteiger partial charge in [0.2, 0.25) is 0 Å². The summed E-state index contributed by atoms with van der Waals surface area (Å²) in [4.78, 5) is 0. The molecule has 0 heterocycles. The van der Waals surface area contributed by atoms with Crippen molar-refractivity contribution in [1.29, 1.82) is 0 Å². The number of nitrogens with one attached hydrogen (secondary N) is 1. The highest BCUT2D eigenvalue weighted by Crippen LogP contribution is 2.26. The fourth-order valence-electron chi connectivity index (χ4n) is 1.74. The molecule has 17 heavy (non-hydrogen) atoms. The van der Waals surface area contributed by atoms with E-state index in [1.807, 2.05) is 31.2 Å². The Bertz CT molecular complexity index is 500. The predicted molar refractivity (Wildman–Crippen MR) is 77.8 cm³/mol. The first-order valence-electron chi connectivity index (χ1n) is 5.45. The summed E-state index contributed by atoms with van der Waals surface area (Å²) in [7, 11) is 0. The summed E-state index contributed by atoms with van der Waals surface area (Å²) in [5.41, 5.74) is 11.1. The van der Waals surface area contributed by atoms with Gasteiger partial charge in [0.15, 0.2) is 0 Å². The molecule has 2 aromatic carbocycles. The van der Waals surface area contributed by atoms with Gasteiger partial charge in [-0.25, -0.2) is 0 Å². The zero-order valence-electron chi connectivity index (χ0n) is 9.92. The Morgan fingerprint density at radius 2 is 1.53 bits per heavy atom. The summed E-state index contributed by atoms with van der Waals surface area (Å²) in [5.74, 6) is 0. The van der Waals surface area contributed by atoms with Crippen LogP contribution in [0.3, 0.4) is 0 Å². The Labute approximate surface area is 110 Å². The van der Waals surface area contributed by atoms with Crippen LogP contribution < -0.4 is 11.1 Å². The van der Waals surface area contributed by atoms with Crippen LogP contribution in [0.1, 0.15) is 11.1 Å². The van der Waals surface area contributed by atoms with E-state index in [4.69, 9.17) is 5.73 Å². The van der Waals surface area contributed by atoms with E-state index >= 15 is 0 Å². The molecule has 2 rings (SSSR count). The molecule has 0 aliphatic carbocycles. The second-order valence-electron chi connectivity index (χ2n) is 4.16. The first-order chi connectivity index (χ1) is 8.06. The number of anilines is 3. The number of hydrogen-bond donors (Lipinski definition) is 2. The molecule has 0 fully saturated rings. The van der Waals surface area contributed by atoms with Crippen molar-refractivity contribution in [2.45, 2.75) is 13.8 Å². The Hall–Kier alpha value is -1.48. The second-order valence-corrected chi connectivity index (χ2v) is 5.07. The van der Waals surface area contributed by atoms with Crippen LogP contribution in [0.15, 0.2) is 40.9 Å². The van der Waals surface area contributed by atoms with Crippen molar-refractivity contribution in [1.82, 2.24) is 0 Å². The normalized spacial score (nSPS) is 10.3. The fraction of sp³-hybridized carbons (Fsp3) is 0.143. The van der Waals surface area contributed by atoms with Gasteiger partial charge in [-0.15, -0.1) is 0 Å². The largest absolute Gasteiger partial charge is 0.399 e. The number of benzene rings is 2. The van der Waals surface area contributed by atoms with Crippen LogP contribution in [0.5, 0.6) is 0 Å². The highest BCUT2D eigenvalue weighted by atomic mass is 79.9. The number of hydrogen-bond acceptors (Lipinski definition) is 2. The van der Waals surface area contributed by atoms with Gasteiger partial charge in [-0.3, -0.25) is 0 Å². The van der Waals surface area contributed by atoms with Crippen molar-refractivity contribution >= 4 is 33.0 Å². The van der Waals surface area contributed by atoms with E-state index in [1.54, 1.807) is 0 Å². The maximum Gasteiger partial charge on any atom is 0.0415 e. The molecule has 0 unspecified atom stereocenters. The van der Waals surface area contributed by atoms with Crippen molar-refractivity contribution < 1.29 is 0 Å². The smallest absolute Gasteiger partial charge is 0.0415 e. The van der Waals surface area contributed by atoms with Crippen molar-refractivity contribution in [3.8, 4) is 0 Å². The van der Waals surface area contributed by atoms with E-state index < -0.39 is 0 Å². The third-order valence-electron chi connectivity index (χ3n) is 2.71. The fourth-order valence-corrected chi connectivity index (χ4v) is 2.22. The van der Waals surface area contributed by atoms with Gasteiger partial charge in [0, 0.05) is 21.5 Å². The lowest BCUT2D eigenvalue weighted by Gasteiger charge is -2.12. The van der Waals surface area contributed by atoms with Crippen LogP contribution in [-0.4, -0.2) is 0 Å². The zero-order valence-corrected chi connectivity index (χ0v) is 11.5. The average molecular weight is 291 g/mol. The van der Waals surface area contributed by atoms with E-state index in [-0.39, 0.29) is 0 Å². The SMILES string of the molecule is Cc1cc(N)ccc1Nc1ccc(Br)cc1C. The van der Waals surface area contributed by atoms with Crippen molar-refractivity contribution in [2.75, 3.05) is 11.1 Å². The van der Waals surface area contributed by atoms with Crippen LogP contribution >= 0.6 is 15.9 Å². The number of aryl methyl sites for hydroxylation is 2. The lowest BCUT2D eigenvalue weighted by Crippen LogP contribution is -1.96. The van der Waals surface area contributed by atoms with E-state index in [2.05, 4.69) is 40.3 Å². The summed E-state index contributed by atoms with van der Waals surface area (Å²) in [6, 6.07) is 12.1. The topological polar surface area (TPSA) is 38.0 Å². The standard InChI is InChI=1S/C14H15BrN2/c1-9-7-11(15)3-5-13(9)17-14-6-4-12(16)8-10(14)2/h3-8,17H,16H2,1-2H3. The molecule has 0 aliphatic rings. The minimum absolute atomic E-state index is 0.792. The summed E-state index contributed by atoms with van der Waals surface area (Å²) in [5, 5.41) is 3.42. The molecule has 0 saturated heterocycles. The maximum absolute atomic E-state index is 5.74. The lowest BCUT2D eigenvalue weighted by molar-refractivity contribution is 1.38. The molecule has 0 saturated carbocycles. The molecule has 2 aromatic rings. The van der Waals surface area contributed by atoms with Crippen molar-refractivity contribution in [3.05, 3.63) is 52.0 Å². The van der Waals surface area contributed by atoms with Gasteiger partial charge < -0.3 is 11.1 Å². The van der Waals surface area contributed by atoms with E-state index in [1.165, 1.54) is 5.56 Å². The number of nitrogens with two attached hydrogens (primary N) is 1. The Morgan fingerprint density at radius 3 is 2.12 bits per heavy atom. The molecular weight excluding hydrogens is 276 g/mol.